The van der Waals surface area contributed by atoms with Gasteiger partial charge in [0, 0.05) is 0 Å². The molecular formula is C11H11NO2. The quantitative estimate of drug-likeness (QED) is 0.672. The van der Waals surface area contributed by atoms with E-state index in [9.17, 15) is 4.79 Å². The Morgan fingerprint density at radius 2 is 2.07 bits per heavy atom. The molecule has 0 saturated heterocycles. The maximum absolute atomic E-state index is 12.0. The Bertz CT molecular complexity index is 410. The molecule has 3 nitrogen and oxygen atoms in total. The molecule has 1 aliphatic heterocycles. The van der Waals surface area contributed by atoms with Crippen molar-refractivity contribution in [2.75, 3.05) is 12.2 Å². The van der Waals surface area contributed by atoms with Gasteiger partial charge in [-0.05, 0) is 24.5 Å². The van der Waals surface area contributed by atoms with Crippen molar-refractivity contribution in [1.82, 2.24) is 0 Å². The molecule has 3 heteroatoms. The largest absolute Gasteiger partial charge is 0.271 e. The lowest BCUT2D eigenvalue weighted by molar-refractivity contribution is -0.126. The van der Waals surface area contributed by atoms with Crippen molar-refractivity contribution in [2.45, 2.75) is 18.3 Å². The van der Waals surface area contributed by atoms with Crippen LogP contribution >= 0.6 is 0 Å². The minimum absolute atomic E-state index is 0.0983. The number of hydroxylamine groups is 1. The first-order valence-corrected chi connectivity index (χ1v) is 4.78. The number of nitrogens with zero attached hydrogens (tertiary/aromatic N) is 1. The molecule has 1 saturated carbocycles. The Hall–Kier alpha value is -1.35. The van der Waals surface area contributed by atoms with Crippen molar-refractivity contribution < 1.29 is 9.63 Å². The predicted molar refractivity (Wildman–Crippen MR) is 51.8 cm³/mol. The van der Waals surface area contributed by atoms with Crippen LogP contribution < -0.4 is 5.06 Å². The predicted octanol–water partition coefficient (Wildman–Crippen LogP) is 1.63. The van der Waals surface area contributed by atoms with Crippen LogP contribution in [0.5, 0.6) is 0 Å². The highest BCUT2D eigenvalue weighted by atomic mass is 16.7. The van der Waals surface area contributed by atoms with E-state index in [1.807, 2.05) is 24.3 Å². The molecule has 0 atom stereocenters. The topological polar surface area (TPSA) is 29.5 Å². The fraction of sp³-hybridized carbons (Fsp3) is 0.364. The number of hydrogen-bond donors (Lipinski definition) is 0. The van der Waals surface area contributed by atoms with Gasteiger partial charge in [0.2, 0.25) is 0 Å². The summed E-state index contributed by atoms with van der Waals surface area (Å²) in [7, 11) is 1.54. The van der Waals surface area contributed by atoms with Crippen LogP contribution in [0.3, 0.4) is 0 Å². The molecule has 1 aromatic rings. The Balaban J connectivity index is 2.21. The van der Waals surface area contributed by atoms with E-state index in [0.29, 0.717) is 0 Å². The third kappa shape index (κ3) is 0.738. The number of carbonyl (C=O) groups is 1. The second-order valence-corrected chi connectivity index (χ2v) is 3.88. The van der Waals surface area contributed by atoms with Crippen molar-refractivity contribution >= 4 is 11.6 Å². The summed E-state index contributed by atoms with van der Waals surface area (Å²) in [5.41, 5.74) is 1.82. The van der Waals surface area contributed by atoms with E-state index in [1.54, 1.807) is 0 Å². The van der Waals surface area contributed by atoms with Crippen LogP contribution in [0.4, 0.5) is 5.69 Å². The normalized spacial score (nSPS) is 21.5. The van der Waals surface area contributed by atoms with Crippen molar-refractivity contribution in [3.05, 3.63) is 29.8 Å². The van der Waals surface area contributed by atoms with E-state index in [-0.39, 0.29) is 11.3 Å². The lowest BCUT2D eigenvalue weighted by Crippen LogP contribution is -2.30. The molecule has 0 radical (unpaired) electrons. The maximum atomic E-state index is 12.0. The average Bonchev–Trinajstić information content (AvgIpc) is 2.96. The lowest BCUT2D eigenvalue weighted by atomic mass is 9.98. The van der Waals surface area contributed by atoms with E-state index in [1.165, 1.54) is 12.2 Å². The van der Waals surface area contributed by atoms with Crippen LogP contribution in [0.25, 0.3) is 0 Å². The molecule has 2 aliphatic rings. The Labute approximate surface area is 82.2 Å². The molecule has 1 aliphatic carbocycles. The summed E-state index contributed by atoms with van der Waals surface area (Å²) in [6.45, 7) is 0. The van der Waals surface area contributed by atoms with Crippen molar-refractivity contribution in [2.24, 2.45) is 0 Å². The monoisotopic (exact) mass is 189 g/mol. The number of benzene rings is 1. The number of carbonyl (C=O) groups excluding carboxylic acids is 1. The van der Waals surface area contributed by atoms with Crippen LogP contribution in [-0.4, -0.2) is 13.0 Å². The molecule has 1 aromatic carbocycles. The summed E-state index contributed by atoms with van der Waals surface area (Å²) < 4.78 is 0. The number of hydrogen-bond acceptors (Lipinski definition) is 2. The number of anilines is 1. The number of rotatable bonds is 1. The van der Waals surface area contributed by atoms with Gasteiger partial charge in [0.15, 0.2) is 0 Å². The smallest absolute Gasteiger partial charge is 0.261 e. The molecule has 3 rings (SSSR count). The fourth-order valence-corrected chi connectivity index (χ4v) is 2.26. The SMILES string of the molecule is CON1C(=O)C2(CC2)c2ccccc21. The number of para-hydroxylation sites is 1. The summed E-state index contributed by atoms with van der Waals surface area (Å²) in [6.07, 6.45) is 1.92. The van der Waals surface area contributed by atoms with Gasteiger partial charge in [-0.25, -0.2) is 0 Å². The van der Waals surface area contributed by atoms with E-state index >= 15 is 0 Å². The molecule has 0 bridgehead atoms. The zero-order valence-electron chi connectivity index (χ0n) is 7.99. The zero-order chi connectivity index (χ0) is 9.76. The van der Waals surface area contributed by atoms with E-state index in [0.717, 1.165) is 24.1 Å². The van der Waals surface area contributed by atoms with Crippen LogP contribution in [-0.2, 0) is 15.0 Å². The summed E-state index contributed by atoms with van der Waals surface area (Å²) >= 11 is 0. The van der Waals surface area contributed by atoms with Gasteiger partial charge >= 0.3 is 0 Å². The van der Waals surface area contributed by atoms with Gasteiger partial charge in [-0.2, -0.15) is 5.06 Å². The van der Waals surface area contributed by atoms with E-state index in [4.69, 9.17) is 4.84 Å². The minimum atomic E-state index is -0.230. The van der Waals surface area contributed by atoms with Crippen LogP contribution in [0, 0.1) is 0 Å². The molecule has 0 N–H and O–H groups in total. The first-order chi connectivity index (χ1) is 6.79. The molecule has 72 valence electrons. The highest BCUT2D eigenvalue weighted by molar-refractivity contribution is 6.08. The third-order valence-electron chi connectivity index (χ3n) is 3.16. The highest BCUT2D eigenvalue weighted by Gasteiger charge is 2.59. The molecular weight excluding hydrogens is 178 g/mol. The lowest BCUT2D eigenvalue weighted by Gasteiger charge is -2.13. The Kier molecular flexibility index (Phi) is 1.35. The van der Waals surface area contributed by atoms with Gasteiger partial charge in [0.05, 0.1) is 18.2 Å². The van der Waals surface area contributed by atoms with Gasteiger partial charge in [0.25, 0.3) is 5.91 Å². The van der Waals surface area contributed by atoms with Gasteiger partial charge in [0.1, 0.15) is 0 Å². The Morgan fingerprint density at radius 1 is 1.36 bits per heavy atom. The minimum Gasteiger partial charge on any atom is -0.271 e. The summed E-state index contributed by atoms with van der Waals surface area (Å²) in [6, 6.07) is 7.87. The molecule has 1 heterocycles. The van der Waals surface area contributed by atoms with Gasteiger partial charge < -0.3 is 0 Å². The molecule has 1 fully saturated rings. The van der Waals surface area contributed by atoms with Crippen LogP contribution in [0.15, 0.2) is 24.3 Å². The summed E-state index contributed by atoms with van der Waals surface area (Å²) in [5.74, 6) is 0.0983. The second kappa shape index (κ2) is 2.36. The van der Waals surface area contributed by atoms with E-state index in [2.05, 4.69) is 0 Å². The second-order valence-electron chi connectivity index (χ2n) is 3.88. The summed E-state index contributed by atoms with van der Waals surface area (Å²) in [5, 5.41) is 1.42. The number of fused-ring (bicyclic) bond motifs is 2. The standard InChI is InChI=1S/C11H11NO2/c1-14-12-9-5-3-2-4-8(9)11(6-7-11)10(12)13/h2-5H,6-7H2,1H3. The average molecular weight is 189 g/mol. The highest BCUT2D eigenvalue weighted by Crippen LogP contribution is 2.57. The van der Waals surface area contributed by atoms with Crippen LogP contribution in [0.2, 0.25) is 0 Å². The molecule has 0 aromatic heterocycles. The first kappa shape index (κ1) is 8.00. The summed E-state index contributed by atoms with van der Waals surface area (Å²) in [4.78, 5) is 17.1. The Morgan fingerprint density at radius 3 is 2.71 bits per heavy atom. The molecule has 0 unspecified atom stereocenters. The molecule has 1 amide bonds. The van der Waals surface area contributed by atoms with Crippen molar-refractivity contribution in [1.29, 1.82) is 0 Å². The van der Waals surface area contributed by atoms with Crippen molar-refractivity contribution in [3.63, 3.8) is 0 Å². The van der Waals surface area contributed by atoms with Crippen molar-refractivity contribution in [3.8, 4) is 0 Å². The molecule has 14 heavy (non-hydrogen) atoms. The number of amides is 1. The fourth-order valence-electron chi connectivity index (χ4n) is 2.26. The van der Waals surface area contributed by atoms with Gasteiger partial charge in [-0.3, -0.25) is 9.63 Å². The first-order valence-electron chi connectivity index (χ1n) is 4.78. The zero-order valence-corrected chi connectivity index (χ0v) is 7.99. The molecule has 1 spiro atoms. The maximum Gasteiger partial charge on any atom is 0.261 e. The van der Waals surface area contributed by atoms with Gasteiger partial charge in [-0.1, -0.05) is 18.2 Å². The van der Waals surface area contributed by atoms with Gasteiger partial charge in [-0.15, -0.1) is 0 Å². The van der Waals surface area contributed by atoms with Crippen LogP contribution in [0.1, 0.15) is 18.4 Å². The van der Waals surface area contributed by atoms with E-state index < -0.39 is 0 Å². The third-order valence-corrected chi connectivity index (χ3v) is 3.16.